The van der Waals surface area contributed by atoms with Crippen molar-refractivity contribution in [2.24, 2.45) is 0 Å². The predicted octanol–water partition coefficient (Wildman–Crippen LogP) is 3.75. The summed E-state index contributed by atoms with van der Waals surface area (Å²) < 4.78 is 0. The van der Waals surface area contributed by atoms with E-state index in [1.807, 2.05) is 0 Å². The average molecular weight is 184 g/mol. The van der Waals surface area contributed by atoms with Crippen LogP contribution >= 0.6 is 0 Å². The van der Waals surface area contributed by atoms with E-state index in [1.165, 1.54) is 44.9 Å². The molecule has 0 heterocycles. The maximum atomic E-state index is 4.63. The molecule has 13 heavy (non-hydrogen) atoms. The molecule has 0 aliphatic heterocycles. The molecular formula is C12H26N. The fourth-order valence-corrected chi connectivity index (χ4v) is 1.45. The molecule has 0 aromatic heterocycles. The molecule has 0 saturated carbocycles. The predicted molar refractivity (Wildman–Crippen MR) is 60.1 cm³/mol. The minimum atomic E-state index is 0.600. The van der Waals surface area contributed by atoms with Gasteiger partial charge < -0.3 is 0 Å². The maximum Gasteiger partial charge on any atom is 0.0217 e. The second kappa shape index (κ2) is 10.0. The van der Waals surface area contributed by atoms with Crippen LogP contribution in [-0.4, -0.2) is 12.6 Å². The van der Waals surface area contributed by atoms with Crippen LogP contribution in [0.2, 0.25) is 0 Å². The van der Waals surface area contributed by atoms with E-state index in [9.17, 15) is 0 Å². The first kappa shape index (κ1) is 13.0. The van der Waals surface area contributed by atoms with Crippen molar-refractivity contribution in [3.63, 3.8) is 0 Å². The van der Waals surface area contributed by atoms with E-state index in [1.54, 1.807) is 0 Å². The Morgan fingerprint density at radius 1 is 0.923 bits per heavy atom. The highest BCUT2D eigenvalue weighted by Gasteiger charge is 2.00. The van der Waals surface area contributed by atoms with Gasteiger partial charge in [-0.1, -0.05) is 46.0 Å². The van der Waals surface area contributed by atoms with Crippen LogP contribution in [-0.2, 0) is 0 Å². The first-order valence-electron chi connectivity index (χ1n) is 5.97. The van der Waals surface area contributed by atoms with Gasteiger partial charge in [-0.25, -0.2) is 5.32 Å². The number of nitrogens with zero attached hydrogens (tertiary/aromatic N) is 1. The van der Waals surface area contributed by atoms with Crippen LogP contribution in [0.15, 0.2) is 0 Å². The molecule has 0 fully saturated rings. The molecule has 0 amide bonds. The van der Waals surface area contributed by atoms with Gasteiger partial charge >= 0.3 is 0 Å². The zero-order valence-corrected chi connectivity index (χ0v) is 9.68. The van der Waals surface area contributed by atoms with Crippen molar-refractivity contribution in [2.45, 2.75) is 71.8 Å². The highest BCUT2D eigenvalue weighted by Crippen LogP contribution is 2.04. The Labute approximate surface area is 84.3 Å². The van der Waals surface area contributed by atoms with Crippen LogP contribution in [0.1, 0.15) is 65.7 Å². The summed E-state index contributed by atoms with van der Waals surface area (Å²) >= 11 is 0. The largest absolute Gasteiger partial charge is 0.239 e. The Hall–Kier alpha value is -0.0400. The first-order valence-corrected chi connectivity index (χ1v) is 5.97. The molecule has 79 valence electrons. The monoisotopic (exact) mass is 184 g/mol. The van der Waals surface area contributed by atoms with Gasteiger partial charge in [0.15, 0.2) is 0 Å². The summed E-state index contributed by atoms with van der Waals surface area (Å²) in [6.07, 6.45) is 9.27. The standard InChI is InChI=1S/C12H26N/c1-4-6-8-10-12(3)13-11-9-7-5-2/h12H,4-11H2,1-3H3. The quantitative estimate of drug-likeness (QED) is 0.485. The molecule has 0 bridgehead atoms. The highest BCUT2D eigenvalue weighted by atomic mass is 14.9. The fourth-order valence-electron chi connectivity index (χ4n) is 1.45. The molecule has 0 aromatic rings. The van der Waals surface area contributed by atoms with Crippen molar-refractivity contribution >= 4 is 0 Å². The Balaban J connectivity index is 3.05. The number of hydrogen-bond donors (Lipinski definition) is 0. The van der Waals surface area contributed by atoms with Crippen LogP contribution < -0.4 is 5.32 Å². The van der Waals surface area contributed by atoms with Crippen LogP contribution in [0.5, 0.6) is 0 Å². The third-order valence-electron chi connectivity index (χ3n) is 2.43. The van der Waals surface area contributed by atoms with Crippen LogP contribution in [0, 0.1) is 0 Å². The van der Waals surface area contributed by atoms with Gasteiger partial charge in [0.1, 0.15) is 0 Å². The van der Waals surface area contributed by atoms with Gasteiger partial charge in [-0.3, -0.25) is 0 Å². The Bertz CT molecular complexity index is 91.1. The summed E-state index contributed by atoms with van der Waals surface area (Å²) in [6.45, 7) is 7.83. The van der Waals surface area contributed by atoms with Crippen molar-refractivity contribution in [2.75, 3.05) is 6.54 Å². The number of unbranched alkanes of at least 4 members (excludes halogenated alkanes) is 4. The summed E-state index contributed by atoms with van der Waals surface area (Å²) in [5.41, 5.74) is 0. The van der Waals surface area contributed by atoms with Crippen molar-refractivity contribution in [1.29, 1.82) is 0 Å². The zero-order valence-electron chi connectivity index (χ0n) is 9.68. The molecule has 0 rings (SSSR count). The van der Waals surface area contributed by atoms with Gasteiger partial charge in [-0.15, -0.1) is 0 Å². The van der Waals surface area contributed by atoms with E-state index >= 15 is 0 Å². The Morgan fingerprint density at radius 2 is 1.54 bits per heavy atom. The lowest BCUT2D eigenvalue weighted by molar-refractivity contribution is 0.468. The average Bonchev–Trinajstić information content (AvgIpc) is 2.13. The lowest BCUT2D eigenvalue weighted by Crippen LogP contribution is -2.19. The van der Waals surface area contributed by atoms with E-state index in [0.717, 1.165) is 6.54 Å². The van der Waals surface area contributed by atoms with Gasteiger partial charge in [0.25, 0.3) is 0 Å². The normalized spacial score (nSPS) is 13.2. The van der Waals surface area contributed by atoms with Gasteiger partial charge in [-0.2, -0.15) is 0 Å². The molecule has 0 aromatic carbocycles. The highest BCUT2D eigenvalue weighted by molar-refractivity contribution is 4.59. The molecule has 1 radical (unpaired) electrons. The molecule has 1 heteroatoms. The molecule has 0 aliphatic carbocycles. The van der Waals surface area contributed by atoms with E-state index in [0.29, 0.717) is 6.04 Å². The van der Waals surface area contributed by atoms with Gasteiger partial charge in [0.2, 0.25) is 0 Å². The lowest BCUT2D eigenvalue weighted by atomic mass is 10.1. The summed E-state index contributed by atoms with van der Waals surface area (Å²) in [4.78, 5) is 0. The molecule has 1 unspecified atom stereocenters. The summed E-state index contributed by atoms with van der Waals surface area (Å²) in [7, 11) is 0. The van der Waals surface area contributed by atoms with Crippen LogP contribution in [0.25, 0.3) is 0 Å². The molecule has 0 spiro atoms. The summed E-state index contributed by atoms with van der Waals surface area (Å²) in [5, 5.41) is 4.63. The van der Waals surface area contributed by atoms with Crippen LogP contribution in [0.3, 0.4) is 0 Å². The zero-order chi connectivity index (χ0) is 9.94. The summed E-state index contributed by atoms with van der Waals surface area (Å²) in [5.74, 6) is 0. The van der Waals surface area contributed by atoms with Crippen molar-refractivity contribution in [3.8, 4) is 0 Å². The minimum Gasteiger partial charge on any atom is -0.239 e. The van der Waals surface area contributed by atoms with E-state index in [4.69, 9.17) is 0 Å². The van der Waals surface area contributed by atoms with Gasteiger partial charge in [0.05, 0.1) is 0 Å². The van der Waals surface area contributed by atoms with E-state index < -0.39 is 0 Å². The molecule has 1 nitrogen and oxygen atoms in total. The molecule has 0 N–H and O–H groups in total. The third kappa shape index (κ3) is 9.88. The second-order valence-electron chi connectivity index (χ2n) is 3.96. The molecule has 0 aliphatic rings. The van der Waals surface area contributed by atoms with E-state index in [-0.39, 0.29) is 0 Å². The van der Waals surface area contributed by atoms with Crippen molar-refractivity contribution < 1.29 is 0 Å². The van der Waals surface area contributed by atoms with Gasteiger partial charge in [-0.05, 0) is 19.8 Å². The number of rotatable bonds is 9. The number of hydrogen-bond acceptors (Lipinski definition) is 0. The summed E-state index contributed by atoms with van der Waals surface area (Å²) in [6, 6.07) is 0.600. The van der Waals surface area contributed by atoms with Crippen LogP contribution in [0.4, 0.5) is 0 Å². The SMILES string of the molecule is CCCCC[N]C(C)CCCCC. The molecule has 1 atom stereocenters. The molecular weight excluding hydrogens is 158 g/mol. The first-order chi connectivity index (χ1) is 6.31. The third-order valence-corrected chi connectivity index (χ3v) is 2.43. The second-order valence-corrected chi connectivity index (χ2v) is 3.96. The fraction of sp³-hybridized carbons (Fsp3) is 1.00. The Kier molecular flexibility index (Phi) is 10.0. The lowest BCUT2D eigenvalue weighted by Gasteiger charge is -2.10. The smallest absolute Gasteiger partial charge is 0.0217 e. The van der Waals surface area contributed by atoms with E-state index in [2.05, 4.69) is 26.1 Å². The van der Waals surface area contributed by atoms with Crippen molar-refractivity contribution in [1.82, 2.24) is 5.32 Å². The van der Waals surface area contributed by atoms with Gasteiger partial charge in [0, 0.05) is 12.6 Å². The Morgan fingerprint density at radius 3 is 2.15 bits per heavy atom. The topological polar surface area (TPSA) is 14.1 Å². The molecule has 0 saturated heterocycles. The maximum absolute atomic E-state index is 4.63. The minimum absolute atomic E-state index is 0.600. The van der Waals surface area contributed by atoms with Crippen molar-refractivity contribution in [3.05, 3.63) is 0 Å².